The molecule has 0 atom stereocenters. The molecule has 3 aromatic heterocycles. The van der Waals surface area contributed by atoms with Gasteiger partial charge in [-0.05, 0) is 35.9 Å². The first-order chi connectivity index (χ1) is 16.6. The summed E-state index contributed by atoms with van der Waals surface area (Å²) in [6.45, 7) is 3.89. The summed E-state index contributed by atoms with van der Waals surface area (Å²) < 4.78 is 21.1. The Bertz CT molecular complexity index is 1510. The molecule has 0 saturated heterocycles. The van der Waals surface area contributed by atoms with Gasteiger partial charge in [0.05, 0.1) is 18.9 Å². The van der Waals surface area contributed by atoms with Crippen molar-refractivity contribution < 1.29 is 13.9 Å². The molecule has 0 saturated carbocycles. The van der Waals surface area contributed by atoms with Gasteiger partial charge in [0.1, 0.15) is 17.1 Å². The van der Waals surface area contributed by atoms with E-state index in [1.54, 1.807) is 41.2 Å². The second-order valence-corrected chi connectivity index (χ2v) is 7.49. The van der Waals surface area contributed by atoms with Crippen molar-refractivity contribution in [3.8, 4) is 22.8 Å². The molecule has 3 heterocycles. The van der Waals surface area contributed by atoms with E-state index < -0.39 is 0 Å². The third-order valence-electron chi connectivity index (χ3n) is 5.05. The Hall–Kier alpha value is -4.79. The molecule has 2 aromatic carbocycles. The molecular weight excluding hydrogens is 435 g/mol. The molecule has 9 heteroatoms. The van der Waals surface area contributed by atoms with Crippen LogP contribution in [0.2, 0.25) is 0 Å². The van der Waals surface area contributed by atoms with Crippen molar-refractivity contribution >= 4 is 22.8 Å². The normalized spacial score (nSPS) is 10.9. The Kier molecular flexibility index (Phi) is 5.57. The van der Waals surface area contributed by atoms with Crippen LogP contribution < -0.4 is 10.1 Å². The van der Waals surface area contributed by atoms with Crippen LogP contribution in [0, 0.1) is 5.82 Å². The number of hydrogen-bond donors (Lipinski definition) is 2. The number of H-pyrrole nitrogens is 1. The monoisotopic (exact) mass is 454 g/mol. The minimum absolute atomic E-state index is 0.280. The van der Waals surface area contributed by atoms with Gasteiger partial charge in [-0.25, -0.2) is 14.4 Å². The van der Waals surface area contributed by atoms with Crippen LogP contribution >= 0.6 is 0 Å². The van der Waals surface area contributed by atoms with Crippen LogP contribution in [-0.4, -0.2) is 30.6 Å². The van der Waals surface area contributed by atoms with E-state index >= 15 is 0 Å². The fourth-order valence-electron chi connectivity index (χ4n) is 3.51. The first kappa shape index (κ1) is 21.1. The molecule has 0 aliphatic carbocycles. The van der Waals surface area contributed by atoms with Crippen LogP contribution in [0.25, 0.3) is 22.3 Å². The molecule has 34 heavy (non-hydrogen) atoms. The van der Waals surface area contributed by atoms with Gasteiger partial charge in [-0.2, -0.15) is 5.10 Å². The Balaban J connectivity index is 1.39. The van der Waals surface area contributed by atoms with Crippen molar-refractivity contribution in [2.24, 2.45) is 0 Å². The van der Waals surface area contributed by atoms with E-state index in [9.17, 15) is 9.18 Å². The van der Waals surface area contributed by atoms with Crippen LogP contribution in [0.4, 0.5) is 10.1 Å². The number of nitrogens with one attached hydrogen (secondary N) is 2. The number of amides is 1. The number of aromatic amines is 1. The summed E-state index contributed by atoms with van der Waals surface area (Å²) in [7, 11) is 0. The Morgan fingerprint density at radius 2 is 2.09 bits per heavy atom. The minimum Gasteiger partial charge on any atom is -0.437 e. The summed E-state index contributed by atoms with van der Waals surface area (Å²) in [5.41, 5.74) is 4.26. The number of ether oxygens (including phenoxy) is 1. The molecule has 0 unspecified atom stereocenters. The summed E-state index contributed by atoms with van der Waals surface area (Å²) in [5, 5.41) is 7.08. The van der Waals surface area contributed by atoms with E-state index in [2.05, 4.69) is 31.9 Å². The van der Waals surface area contributed by atoms with E-state index in [1.165, 1.54) is 24.4 Å². The largest absolute Gasteiger partial charge is 0.437 e. The lowest BCUT2D eigenvalue weighted by atomic mass is 10.2. The van der Waals surface area contributed by atoms with Crippen molar-refractivity contribution in [3.05, 3.63) is 97.4 Å². The van der Waals surface area contributed by atoms with Gasteiger partial charge >= 0.3 is 0 Å². The van der Waals surface area contributed by atoms with Gasteiger partial charge in [-0.1, -0.05) is 24.8 Å². The molecule has 1 amide bonds. The Labute approximate surface area is 193 Å². The number of halogens is 1. The van der Waals surface area contributed by atoms with Gasteiger partial charge in [0.25, 0.3) is 0 Å². The molecule has 2 N–H and O–H groups in total. The maximum absolute atomic E-state index is 13.5. The smallest absolute Gasteiger partial charge is 0.247 e. The molecule has 168 valence electrons. The van der Waals surface area contributed by atoms with Crippen molar-refractivity contribution in [1.82, 2.24) is 24.7 Å². The quantitative estimate of drug-likeness (QED) is 0.340. The minimum atomic E-state index is -0.312. The Morgan fingerprint density at radius 3 is 2.94 bits per heavy atom. The van der Waals surface area contributed by atoms with Crippen LogP contribution in [0.1, 0.15) is 5.56 Å². The van der Waals surface area contributed by atoms with Crippen molar-refractivity contribution in [2.45, 2.75) is 6.54 Å². The van der Waals surface area contributed by atoms with Crippen LogP contribution in [-0.2, 0) is 11.3 Å². The topological polar surface area (TPSA) is 97.7 Å². The highest BCUT2D eigenvalue weighted by molar-refractivity contribution is 5.99. The molecular formula is C25H19FN6O2. The number of fused-ring (bicyclic) bond motifs is 1. The number of hydrogen-bond acceptors (Lipinski definition) is 5. The average molecular weight is 454 g/mol. The zero-order chi connectivity index (χ0) is 23.5. The molecule has 0 aliphatic heterocycles. The highest BCUT2D eigenvalue weighted by atomic mass is 19.1. The molecule has 5 rings (SSSR count). The number of nitrogens with zero attached hydrogens (tertiary/aromatic N) is 4. The summed E-state index contributed by atoms with van der Waals surface area (Å²) in [5.74, 6) is 0.203. The summed E-state index contributed by atoms with van der Waals surface area (Å²) in [6.07, 6.45) is 8.12. The van der Waals surface area contributed by atoms with E-state index in [4.69, 9.17) is 4.74 Å². The first-order valence-electron chi connectivity index (χ1n) is 10.4. The third kappa shape index (κ3) is 4.53. The van der Waals surface area contributed by atoms with Crippen molar-refractivity contribution in [2.75, 3.05) is 5.32 Å². The summed E-state index contributed by atoms with van der Waals surface area (Å²) >= 11 is 0. The second-order valence-electron chi connectivity index (χ2n) is 7.49. The van der Waals surface area contributed by atoms with E-state index in [0.29, 0.717) is 35.0 Å². The summed E-state index contributed by atoms with van der Waals surface area (Å²) in [6, 6.07) is 13.4. The first-order valence-corrected chi connectivity index (χ1v) is 10.4. The van der Waals surface area contributed by atoms with E-state index in [0.717, 1.165) is 16.7 Å². The van der Waals surface area contributed by atoms with Gasteiger partial charge < -0.3 is 15.0 Å². The lowest BCUT2D eigenvalue weighted by molar-refractivity contribution is -0.111. The average Bonchev–Trinajstić information content (AvgIpc) is 3.46. The fraction of sp³-hybridized carbons (Fsp3) is 0.0400. The molecule has 0 radical (unpaired) electrons. The van der Waals surface area contributed by atoms with Gasteiger partial charge in [0, 0.05) is 35.3 Å². The zero-order valence-corrected chi connectivity index (χ0v) is 17.9. The van der Waals surface area contributed by atoms with Crippen molar-refractivity contribution in [3.63, 3.8) is 0 Å². The van der Waals surface area contributed by atoms with Crippen molar-refractivity contribution in [1.29, 1.82) is 0 Å². The molecule has 0 bridgehead atoms. The standard InChI is InChI=1S/C25H19FN6O2/c1-2-22(33)30-19-7-4-8-20(10-19)34-23-13-28-25-24(31-23)21(12-27-25)17-11-29-32(15-17)14-16-5-3-6-18(26)9-16/h2-13,15H,1,14H2,(H,27,28)(H,30,33). The highest BCUT2D eigenvalue weighted by Crippen LogP contribution is 2.29. The van der Waals surface area contributed by atoms with Crippen LogP contribution in [0.5, 0.6) is 11.6 Å². The second kappa shape index (κ2) is 8.99. The number of aromatic nitrogens is 5. The maximum Gasteiger partial charge on any atom is 0.247 e. The molecule has 5 aromatic rings. The van der Waals surface area contributed by atoms with Gasteiger partial charge in [-0.3, -0.25) is 9.48 Å². The van der Waals surface area contributed by atoms with Gasteiger partial charge in [0.2, 0.25) is 11.8 Å². The molecule has 0 aliphatic rings. The van der Waals surface area contributed by atoms with Crippen LogP contribution in [0.15, 0.2) is 86.0 Å². The highest BCUT2D eigenvalue weighted by Gasteiger charge is 2.13. The number of rotatable bonds is 7. The fourth-order valence-corrected chi connectivity index (χ4v) is 3.51. The lowest BCUT2D eigenvalue weighted by Crippen LogP contribution is -2.07. The van der Waals surface area contributed by atoms with E-state index in [-0.39, 0.29) is 11.7 Å². The maximum atomic E-state index is 13.5. The number of benzene rings is 2. The third-order valence-corrected chi connectivity index (χ3v) is 5.05. The predicted octanol–water partition coefficient (Wildman–Crippen LogP) is 4.93. The molecule has 0 spiro atoms. The van der Waals surface area contributed by atoms with Crippen LogP contribution in [0.3, 0.4) is 0 Å². The number of carbonyl (C=O) groups is 1. The predicted molar refractivity (Wildman–Crippen MR) is 126 cm³/mol. The zero-order valence-electron chi connectivity index (χ0n) is 17.9. The summed E-state index contributed by atoms with van der Waals surface area (Å²) in [4.78, 5) is 23.7. The SMILES string of the molecule is C=CC(=O)Nc1cccc(Oc2cnc3[nH]cc(-c4cnn(Cc5cccc(F)c5)c4)c3n2)c1. The van der Waals surface area contributed by atoms with Gasteiger partial charge in [-0.15, -0.1) is 0 Å². The van der Waals surface area contributed by atoms with E-state index in [1.807, 2.05) is 18.5 Å². The molecule has 8 nitrogen and oxygen atoms in total. The lowest BCUT2D eigenvalue weighted by Gasteiger charge is -2.07. The number of anilines is 1. The Morgan fingerprint density at radius 1 is 1.21 bits per heavy atom. The number of carbonyl (C=O) groups excluding carboxylic acids is 1. The van der Waals surface area contributed by atoms with Gasteiger partial charge in [0.15, 0.2) is 5.65 Å². The molecule has 0 fully saturated rings.